The highest BCUT2D eigenvalue weighted by Gasteiger charge is 2.32. The molecule has 5 heteroatoms. The van der Waals surface area contributed by atoms with Gasteiger partial charge in [0, 0.05) is 30.6 Å². The van der Waals surface area contributed by atoms with Gasteiger partial charge < -0.3 is 14.6 Å². The van der Waals surface area contributed by atoms with Crippen LogP contribution in [0.3, 0.4) is 0 Å². The van der Waals surface area contributed by atoms with Crippen LogP contribution in [-0.2, 0) is 0 Å². The van der Waals surface area contributed by atoms with Gasteiger partial charge >= 0.3 is 5.63 Å². The molecular formula is C18H20N2O3. The summed E-state index contributed by atoms with van der Waals surface area (Å²) in [6.45, 7) is 2.06. The molecule has 1 aromatic carbocycles. The van der Waals surface area contributed by atoms with Crippen LogP contribution >= 0.6 is 0 Å². The number of likely N-dealkylation sites (tertiary alicyclic amines) is 1. The average molecular weight is 312 g/mol. The van der Waals surface area contributed by atoms with E-state index in [9.17, 15) is 9.59 Å². The summed E-state index contributed by atoms with van der Waals surface area (Å²) < 4.78 is 5.24. The van der Waals surface area contributed by atoms with Crippen LogP contribution in [0.2, 0.25) is 0 Å². The van der Waals surface area contributed by atoms with Crippen molar-refractivity contribution in [1.29, 1.82) is 0 Å². The number of carbonyl (C=O) groups is 1. The highest BCUT2D eigenvalue weighted by molar-refractivity contribution is 5.96. The van der Waals surface area contributed by atoms with E-state index < -0.39 is 5.63 Å². The van der Waals surface area contributed by atoms with Gasteiger partial charge in [-0.1, -0.05) is 18.2 Å². The fourth-order valence-corrected chi connectivity index (χ4v) is 3.33. The number of para-hydroxylation sites is 1. The molecule has 0 bridgehead atoms. The minimum absolute atomic E-state index is 0.0910. The number of hydrogen-bond donors (Lipinski definition) is 1. The van der Waals surface area contributed by atoms with Crippen LogP contribution in [0.1, 0.15) is 36.0 Å². The Labute approximate surface area is 134 Å². The van der Waals surface area contributed by atoms with E-state index >= 15 is 0 Å². The zero-order valence-corrected chi connectivity index (χ0v) is 13.0. The highest BCUT2D eigenvalue weighted by Crippen LogP contribution is 2.29. The van der Waals surface area contributed by atoms with Gasteiger partial charge in [-0.3, -0.25) is 4.79 Å². The molecule has 0 radical (unpaired) electrons. The number of benzene rings is 1. The minimum Gasteiger partial charge on any atom is -0.422 e. The maximum Gasteiger partial charge on any atom is 0.349 e. The predicted molar refractivity (Wildman–Crippen MR) is 87.6 cm³/mol. The molecule has 23 heavy (non-hydrogen) atoms. The van der Waals surface area contributed by atoms with Crippen molar-refractivity contribution in [3.63, 3.8) is 0 Å². The van der Waals surface area contributed by atoms with Gasteiger partial charge in [-0.05, 0) is 37.8 Å². The van der Waals surface area contributed by atoms with E-state index in [0.717, 1.165) is 37.4 Å². The number of piperidine rings is 1. The van der Waals surface area contributed by atoms with Gasteiger partial charge in [0.1, 0.15) is 11.1 Å². The van der Waals surface area contributed by atoms with Crippen LogP contribution in [0.5, 0.6) is 0 Å². The average Bonchev–Trinajstić information content (AvgIpc) is 3.40. The van der Waals surface area contributed by atoms with Gasteiger partial charge in [0.05, 0.1) is 0 Å². The summed E-state index contributed by atoms with van der Waals surface area (Å²) >= 11 is 0. The zero-order valence-electron chi connectivity index (χ0n) is 13.0. The second kappa shape index (κ2) is 5.81. The molecule has 0 atom stereocenters. The fraction of sp³-hybridized carbons (Fsp3) is 0.444. The Hall–Kier alpha value is -2.14. The fourth-order valence-electron chi connectivity index (χ4n) is 3.33. The molecular weight excluding hydrogens is 292 g/mol. The second-order valence-electron chi connectivity index (χ2n) is 6.50. The van der Waals surface area contributed by atoms with Crippen LogP contribution in [0, 0.1) is 0 Å². The maximum absolute atomic E-state index is 12.4. The van der Waals surface area contributed by atoms with E-state index in [1.165, 1.54) is 12.8 Å². The van der Waals surface area contributed by atoms with Crippen LogP contribution in [0.4, 0.5) is 0 Å². The number of nitrogens with zero attached hydrogens (tertiary/aromatic N) is 1. The standard InChI is InChI=1S/C18H20N2O3/c21-17(19-13-7-9-20(10-8-13)14-5-6-14)15-11-12-3-1-2-4-16(12)23-18(15)22/h1-4,11,13-14H,5-10H2,(H,19,21). The lowest BCUT2D eigenvalue weighted by Crippen LogP contribution is -2.46. The summed E-state index contributed by atoms with van der Waals surface area (Å²) in [4.78, 5) is 27.0. The van der Waals surface area contributed by atoms with E-state index in [1.54, 1.807) is 18.2 Å². The lowest BCUT2D eigenvalue weighted by atomic mass is 10.0. The maximum atomic E-state index is 12.4. The number of nitrogens with one attached hydrogen (secondary N) is 1. The van der Waals surface area contributed by atoms with E-state index in [-0.39, 0.29) is 17.5 Å². The number of carbonyl (C=O) groups excluding carboxylic acids is 1. The Kier molecular flexibility index (Phi) is 3.65. The summed E-state index contributed by atoms with van der Waals surface area (Å²) in [5.74, 6) is -0.325. The summed E-state index contributed by atoms with van der Waals surface area (Å²) in [7, 11) is 0. The molecule has 2 heterocycles. The molecule has 0 spiro atoms. The van der Waals surface area contributed by atoms with Gasteiger partial charge in [-0.15, -0.1) is 0 Å². The monoisotopic (exact) mass is 312 g/mol. The highest BCUT2D eigenvalue weighted by atomic mass is 16.4. The van der Waals surface area contributed by atoms with E-state index in [2.05, 4.69) is 10.2 Å². The van der Waals surface area contributed by atoms with Crippen molar-refractivity contribution in [1.82, 2.24) is 10.2 Å². The first-order valence-corrected chi connectivity index (χ1v) is 8.28. The third kappa shape index (κ3) is 3.01. The molecule has 5 nitrogen and oxygen atoms in total. The predicted octanol–water partition coefficient (Wildman–Crippen LogP) is 2.15. The van der Waals surface area contributed by atoms with Crippen molar-refractivity contribution >= 4 is 16.9 Å². The van der Waals surface area contributed by atoms with Crippen molar-refractivity contribution in [3.8, 4) is 0 Å². The Morgan fingerprint density at radius 2 is 1.87 bits per heavy atom. The molecule has 1 aliphatic heterocycles. The van der Waals surface area contributed by atoms with Crippen LogP contribution in [-0.4, -0.2) is 36.0 Å². The molecule has 4 rings (SSSR count). The number of hydrogen-bond acceptors (Lipinski definition) is 4. The van der Waals surface area contributed by atoms with Crippen molar-refractivity contribution in [2.75, 3.05) is 13.1 Å². The van der Waals surface area contributed by atoms with Crippen LogP contribution in [0.15, 0.2) is 39.5 Å². The lowest BCUT2D eigenvalue weighted by molar-refractivity contribution is 0.0905. The number of amides is 1. The largest absolute Gasteiger partial charge is 0.422 e. The van der Waals surface area contributed by atoms with E-state index in [1.807, 2.05) is 12.1 Å². The van der Waals surface area contributed by atoms with Crippen molar-refractivity contribution < 1.29 is 9.21 Å². The molecule has 1 saturated carbocycles. The molecule has 0 unspecified atom stereocenters. The van der Waals surface area contributed by atoms with Gasteiger partial charge in [0.15, 0.2) is 0 Å². The first-order valence-electron chi connectivity index (χ1n) is 8.28. The third-order valence-electron chi connectivity index (χ3n) is 4.81. The normalized spacial score (nSPS) is 19.8. The quantitative estimate of drug-likeness (QED) is 0.882. The molecule has 2 aliphatic rings. The Balaban J connectivity index is 1.46. The minimum atomic E-state index is -0.573. The first kappa shape index (κ1) is 14.5. The summed E-state index contributed by atoms with van der Waals surface area (Å²) in [5, 5.41) is 3.76. The molecule has 1 aromatic heterocycles. The smallest absolute Gasteiger partial charge is 0.349 e. The van der Waals surface area contributed by atoms with Gasteiger partial charge in [0.25, 0.3) is 5.91 Å². The van der Waals surface area contributed by atoms with Crippen LogP contribution < -0.4 is 10.9 Å². The Morgan fingerprint density at radius 1 is 1.13 bits per heavy atom. The number of rotatable bonds is 3. The van der Waals surface area contributed by atoms with Gasteiger partial charge in [-0.2, -0.15) is 0 Å². The molecule has 1 amide bonds. The molecule has 1 N–H and O–H groups in total. The molecule has 1 saturated heterocycles. The molecule has 2 aromatic rings. The van der Waals surface area contributed by atoms with Crippen molar-refractivity contribution in [2.45, 2.75) is 37.8 Å². The van der Waals surface area contributed by atoms with Gasteiger partial charge in [-0.25, -0.2) is 4.79 Å². The molecule has 1 aliphatic carbocycles. The second-order valence-corrected chi connectivity index (χ2v) is 6.50. The lowest BCUT2D eigenvalue weighted by Gasteiger charge is -2.32. The summed E-state index contributed by atoms with van der Waals surface area (Å²) in [5.41, 5.74) is 0.0248. The summed E-state index contributed by atoms with van der Waals surface area (Å²) in [6.07, 6.45) is 4.52. The Morgan fingerprint density at radius 3 is 2.61 bits per heavy atom. The van der Waals surface area contributed by atoms with Crippen molar-refractivity contribution in [3.05, 3.63) is 46.3 Å². The molecule has 2 fully saturated rings. The van der Waals surface area contributed by atoms with Crippen LogP contribution in [0.25, 0.3) is 11.0 Å². The van der Waals surface area contributed by atoms with Gasteiger partial charge in [0.2, 0.25) is 0 Å². The number of fused-ring (bicyclic) bond motifs is 1. The SMILES string of the molecule is O=C(NC1CCN(C2CC2)CC1)c1cc2ccccc2oc1=O. The van der Waals surface area contributed by atoms with E-state index in [0.29, 0.717) is 5.58 Å². The third-order valence-corrected chi connectivity index (χ3v) is 4.81. The summed E-state index contributed by atoms with van der Waals surface area (Å²) in [6, 6.07) is 9.77. The van der Waals surface area contributed by atoms with E-state index in [4.69, 9.17) is 4.42 Å². The Bertz CT molecular complexity index is 786. The van der Waals surface area contributed by atoms with Crippen molar-refractivity contribution in [2.24, 2.45) is 0 Å². The topological polar surface area (TPSA) is 62.6 Å². The zero-order chi connectivity index (χ0) is 15.8. The first-order chi connectivity index (χ1) is 11.2. The molecule has 120 valence electrons.